The van der Waals surface area contributed by atoms with E-state index in [0.717, 1.165) is 6.54 Å². The maximum Gasteiger partial charge on any atom is 0.0309 e. The molecule has 1 spiro atoms. The molecule has 0 amide bonds. The van der Waals surface area contributed by atoms with Gasteiger partial charge in [0.25, 0.3) is 0 Å². The number of nitrogens with zero attached hydrogens (tertiary/aromatic N) is 1. The third kappa shape index (κ3) is 3.07. The predicted octanol–water partition coefficient (Wildman–Crippen LogP) is 3.49. The number of hydrogen-bond acceptors (Lipinski definition) is 2. The van der Waals surface area contributed by atoms with Gasteiger partial charge in [-0.3, -0.25) is 4.90 Å². The van der Waals surface area contributed by atoms with Crippen LogP contribution in [0, 0.1) is 6.92 Å². The van der Waals surface area contributed by atoms with Gasteiger partial charge in [-0.1, -0.05) is 42.7 Å². The fourth-order valence-corrected chi connectivity index (χ4v) is 3.86. The van der Waals surface area contributed by atoms with Gasteiger partial charge in [0.05, 0.1) is 0 Å². The fraction of sp³-hybridized carbons (Fsp3) is 0.667. The summed E-state index contributed by atoms with van der Waals surface area (Å²) in [4.78, 5) is 2.70. The van der Waals surface area contributed by atoms with Gasteiger partial charge in [0.15, 0.2) is 0 Å². The van der Waals surface area contributed by atoms with Crippen LogP contribution in [-0.4, -0.2) is 29.6 Å². The normalized spacial score (nSPS) is 26.8. The van der Waals surface area contributed by atoms with Gasteiger partial charge in [0.2, 0.25) is 0 Å². The Labute approximate surface area is 123 Å². The predicted molar refractivity (Wildman–Crippen MR) is 84.9 cm³/mol. The Morgan fingerprint density at radius 1 is 1.20 bits per heavy atom. The van der Waals surface area contributed by atoms with Crippen LogP contribution < -0.4 is 5.32 Å². The lowest BCUT2D eigenvalue weighted by atomic mass is 9.96. The molecular weight excluding hydrogens is 244 g/mol. The van der Waals surface area contributed by atoms with Crippen LogP contribution in [0.15, 0.2) is 24.3 Å². The van der Waals surface area contributed by atoms with Crippen LogP contribution in [-0.2, 0) is 6.54 Å². The second-order valence-corrected chi connectivity index (χ2v) is 6.94. The molecular formula is C18H28N2. The molecule has 1 N–H and O–H groups in total. The summed E-state index contributed by atoms with van der Waals surface area (Å²) >= 11 is 0. The lowest BCUT2D eigenvalue weighted by Gasteiger charge is -2.35. The van der Waals surface area contributed by atoms with Gasteiger partial charge in [-0.15, -0.1) is 0 Å². The van der Waals surface area contributed by atoms with Crippen molar-refractivity contribution in [2.45, 2.75) is 64.1 Å². The Hall–Kier alpha value is -0.860. The molecule has 1 saturated carbocycles. The summed E-state index contributed by atoms with van der Waals surface area (Å²) in [6.07, 6.45) is 6.81. The van der Waals surface area contributed by atoms with E-state index in [0.29, 0.717) is 11.6 Å². The average molecular weight is 272 g/mol. The minimum absolute atomic E-state index is 0.412. The minimum atomic E-state index is 0.412. The van der Waals surface area contributed by atoms with E-state index in [1.165, 1.54) is 56.3 Å². The molecule has 2 aliphatic rings. The summed E-state index contributed by atoms with van der Waals surface area (Å²) in [5.41, 5.74) is 3.22. The molecule has 1 aromatic rings. The SMILES string of the molecule is Cc1ccc(CN2CC3(CCCC3)NCCC2C)cc1. The van der Waals surface area contributed by atoms with Gasteiger partial charge in [-0.05, 0) is 45.2 Å². The van der Waals surface area contributed by atoms with Crippen molar-refractivity contribution in [1.29, 1.82) is 0 Å². The van der Waals surface area contributed by atoms with E-state index >= 15 is 0 Å². The molecule has 1 unspecified atom stereocenters. The van der Waals surface area contributed by atoms with Crippen molar-refractivity contribution in [2.75, 3.05) is 13.1 Å². The Bertz CT molecular complexity index is 431. The summed E-state index contributed by atoms with van der Waals surface area (Å²) in [6.45, 7) is 8.07. The van der Waals surface area contributed by atoms with Crippen LogP contribution >= 0.6 is 0 Å². The van der Waals surface area contributed by atoms with Crippen LogP contribution in [0.1, 0.15) is 50.2 Å². The molecule has 2 heteroatoms. The van der Waals surface area contributed by atoms with E-state index in [9.17, 15) is 0 Å². The highest BCUT2D eigenvalue weighted by Crippen LogP contribution is 2.33. The lowest BCUT2D eigenvalue weighted by Crippen LogP contribution is -2.49. The third-order valence-corrected chi connectivity index (χ3v) is 5.26. The van der Waals surface area contributed by atoms with E-state index in [4.69, 9.17) is 0 Å². The van der Waals surface area contributed by atoms with Crippen LogP contribution in [0.4, 0.5) is 0 Å². The highest BCUT2D eigenvalue weighted by molar-refractivity contribution is 5.21. The highest BCUT2D eigenvalue weighted by Gasteiger charge is 2.37. The molecule has 1 saturated heterocycles. The molecule has 1 aliphatic heterocycles. The summed E-state index contributed by atoms with van der Waals surface area (Å²) in [7, 11) is 0. The van der Waals surface area contributed by atoms with Crippen LogP contribution in [0.5, 0.6) is 0 Å². The molecule has 2 nitrogen and oxygen atoms in total. The third-order valence-electron chi connectivity index (χ3n) is 5.26. The smallest absolute Gasteiger partial charge is 0.0309 e. The van der Waals surface area contributed by atoms with Crippen molar-refractivity contribution < 1.29 is 0 Å². The van der Waals surface area contributed by atoms with Gasteiger partial charge in [0, 0.05) is 24.7 Å². The van der Waals surface area contributed by atoms with Crippen LogP contribution in [0.25, 0.3) is 0 Å². The van der Waals surface area contributed by atoms with Crippen molar-refractivity contribution >= 4 is 0 Å². The van der Waals surface area contributed by atoms with Gasteiger partial charge in [-0.2, -0.15) is 0 Å². The first kappa shape index (κ1) is 14.1. The number of aryl methyl sites for hydroxylation is 1. The molecule has 0 bridgehead atoms. The standard InChI is InChI=1S/C18H28N2/c1-15-5-7-17(8-6-15)13-20-14-18(10-3-4-11-18)19-12-9-16(20)2/h5-8,16,19H,3-4,9-14H2,1-2H3. The van der Waals surface area contributed by atoms with E-state index < -0.39 is 0 Å². The van der Waals surface area contributed by atoms with Crippen LogP contribution in [0.2, 0.25) is 0 Å². The largest absolute Gasteiger partial charge is 0.310 e. The lowest BCUT2D eigenvalue weighted by molar-refractivity contribution is 0.160. The molecule has 0 aromatic heterocycles. The zero-order chi connectivity index (χ0) is 14.0. The van der Waals surface area contributed by atoms with Gasteiger partial charge < -0.3 is 5.32 Å². The minimum Gasteiger partial charge on any atom is -0.310 e. The fourth-order valence-electron chi connectivity index (χ4n) is 3.86. The molecule has 1 aliphatic carbocycles. The Morgan fingerprint density at radius 3 is 2.60 bits per heavy atom. The summed E-state index contributed by atoms with van der Waals surface area (Å²) < 4.78 is 0. The highest BCUT2D eigenvalue weighted by atomic mass is 15.2. The maximum absolute atomic E-state index is 3.87. The Morgan fingerprint density at radius 2 is 1.90 bits per heavy atom. The second-order valence-electron chi connectivity index (χ2n) is 6.94. The molecule has 3 rings (SSSR count). The quantitative estimate of drug-likeness (QED) is 0.886. The van der Waals surface area contributed by atoms with E-state index in [2.05, 4.69) is 48.3 Å². The van der Waals surface area contributed by atoms with Crippen molar-refractivity contribution in [2.24, 2.45) is 0 Å². The zero-order valence-electron chi connectivity index (χ0n) is 13.0. The molecule has 0 radical (unpaired) electrons. The molecule has 20 heavy (non-hydrogen) atoms. The molecule has 2 fully saturated rings. The molecule has 110 valence electrons. The van der Waals surface area contributed by atoms with Crippen molar-refractivity contribution in [1.82, 2.24) is 10.2 Å². The Kier molecular flexibility index (Phi) is 4.13. The van der Waals surface area contributed by atoms with Crippen molar-refractivity contribution in [3.8, 4) is 0 Å². The molecule has 1 aromatic carbocycles. The van der Waals surface area contributed by atoms with Crippen molar-refractivity contribution in [3.05, 3.63) is 35.4 Å². The van der Waals surface area contributed by atoms with Gasteiger partial charge in [-0.25, -0.2) is 0 Å². The first-order chi connectivity index (χ1) is 9.67. The summed E-state index contributed by atoms with van der Waals surface area (Å²) in [5.74, 6) is 0. The second kappa shape index (κ2) is 5.87. The first-order valence-electron chi connectivity index (χ1n) is 8.22. The zero-order valence-corrected chi connectivity index (χ0v) is 13.0. The average Bonchev–Trinajstić information content (AvgIpc) is 2.83. The monoisotopic (exact) mass is 272 g/mol. The van der Waals surface area contributed by atoms with E-state index in [1.807, 2.05) is 0 Å². The molecule has 1 heterocycles. The summed E-state index contributed by atoms with van der Waals surface area (Å²) in [5, 5.41) is 3.87. The number of rotatable bonds is 2. The van der Waals surface area contributed by atoms with Crippen molar-refractivity contribution in [3.63, 3.8) is 0 Å². The van der Waals surface area contributed by atoms with Gasteiger partial charge >= 0.3 is 0 Å². The molecule has 1 atom stereocenters. The van der Waals surface area contributed by atoms with Gasteiger partial charge in [0.1, 0.15) is 0 Å². The Balaban J connectivity index is 1.73. The number of nitrogens with one attached hydrogen (secondary N) is 1. The maximum atomic E-state index is 3.87. The van der Waals surface area contributed by atoms with Crippen LogP contribution in [0.3, 0.4) is 0 Å². The topological polar surface area (TPSA) is 15.3 Å². The first-order valence-corrected chi connectivity index (χ1v) is 8.22. The number of benzene rings is 1. The van der Waals surface area contributed by atoms with E-state index in [-0.39, 0.29) is 0 Å². The summed E-state index contributed by atoms with van der Waals surface area (Å²) in [6, 6.07) is 9.75. The van der Waals surface area contributed by atoms with E-state index in [1.54, 1.807) is 0 Å². The number of hydrogen-bond donors (Lipinski definition) is 1.